The largest absolute Gasteiger partial charge is 0.381 e. The SMILES string of the molecule is NCCCOCCCS. The van der Waals surface area contributed by atoms with Gasteiger partial charge >= 0.3 is 0 Å². The van der Waals surface area contributed by atoms with Crippen LogP contribution in [0.25, 0.3) is 0 Å². The highest BCUT2D eigenvalue weighted by Gasteiger charge is 1.84. The molecule has 9 heavy (non-hydrogen) atoms. The first kappa shape index (κ1) is 9.27. The normalized spacial score (nSPS) is 10.0. The van der Waals surface area contributed by atoms with Crippen molar-refractivity contribution < 1.29 is 4.74 Å². The summed E-state index contributed by atoms with van der Waals surface area (Å²) >= 11 is 4.04. The predicted octanol–water partition coefficient (Wildman–Crippen LogP) is 0.672. The fraction of sp³-hybridized carbons (Fsp3) is 1.00. The lowest BCUT2D eigenvalue weighted by Gasteiger charge is -1.99. The van der Waals surface area contributed by atoms with Gasteiger partial charge in [-0.15, -0.1) is 0 Å². The van der Waals surface area contributed by atoms with Crippen LogP contribution < -0.4 is 5.73 Å². The Balaban J connectivity index is 2.60. The van der Waals surface area contributed by atoms with E-state index in [1.165, 1.54) is 0 Å². The van der Waals surface area contributed by atoms with Crippen LogP contribution in [-0.2, 0) is 4.74 Å². The molecule has 0 bridgehead atoms. The first-order chi connectivity index (χ1) is 4.41. The average Bonchev–Trinajstić information content (AvgIpc) is 1.89. The summed E-state index contributed by atoms with van der Waals surface area (Å²) in [5.74, 6) is 0.905. The van der Waals surface area contributed by atoms with Crippen molar-refractivity contribution in [1.82, 2.24) is 0 Å². The van der Waals surface area contributed by atoms with Gasteiger partial charge in [0.1, 0.15) is 0 Å². The fourth-order valence-electron chi connectivity index (χ4n) is 0.454. The highest BCUT2D eigenvalue weighted by atomic mass is 32.1. The Morgan fingerprint density at radius 2 is 1.89 bits per heavy atom. The van der Waals surface area contributed by atoms with Crippen molar-refractivity contribution in [2.75, 3.05) is 25.5 Å². The molecule has 0 aliphatic heterocycles. The summed E-state index contributed by atoms with van der Waals surface area (Å²) in [6.45, 7) is 2.34. The van der Waals surface area contributed by atoms with Crippen molar-refractivity contribution in [2.45, 2.75) is 12.8 Å². The molecule has 56 valence electrons. The van der Waals surface area contributed by atoms with Gasteiger partial charge in [0.15, 0.2) is 0 Å². The smallest absolute Gasteiger partial charge is 0.0478 e. The lowest BCUT2D eigenvalue weighted by atomic mass is 10.4. The van der Waals surface area contributed by atoms with Crippen LogP contribution >= 0.6 is 12.6 Å². The summed E-state index contributed by atoms with van der Waals surface area (Å²) in [6, 6.07) is 0. The maximum absolute atomic E-state index is 5.25. The summed E-state index contributed by atoms with van der Waals surface area (Å²) in [6.07, 6.45) is 2.00. The van der Waals surface area contributed by atoms with E-state index in [1.54, 1.807) is 0 Å². The van der Waals surface area contributed by atoms with Crippen molar-refractivity contribution in [3.63, 3.8) is 0 Å². The van der Waals surface area contributed by atoms with Gasteiger partial charge in [-0.25, -0.2) is 0 Å². The number of rotatable bonds is 6. The van der Waals surface area contributed by atoms with Gasteiger partial charge in [0, 0.05) is 13.2 Å². The molecular formula is C6H15NOS. The molecule has 2 nitrogen and oxygen atoms in total. The fourth-order valence-corrected chi connectivity index (χ4v) is 0.583. The summed E-state index contributed by atoms with van der Waals surface area (Å²) in [4.78, 5) is 0. The quantitative estimate of drug-likeness (QED) is 0.430. The van der Waals surface area contributed by atoms with Crippen LogP contribution in [0.2, 0.25) is 0 Å². The van der Waals surface area contributed by atoms with E-state index in [0.29, 0.717) is 0 Å². The number of nitrogens with two attached hydrogens (primary N) is 1. The molecule has 0 atom stereocenters. The monoisotopic (exact) mass is 149 g/mol. The molecule has 0 aromatic rings. The van der Waals surface area contributed by atoms with Crippen LogP contribution in [0.4, 0.5) is 0 Å². The third kappa shape index (κ3) is 8.27. The first-order valence-electron chi connectivity index (χ1n) is 3.30. The molecule has 0 aliphatic carbocycles. The van der Waals surface area contributed by atoms with Gasteiger partial charge in [-0.3, -0.25) is 0 Å². The zero-order valence-corrected chi connectivity index (χ0v) is 6.57. The van der Waals surface area contributed by atoms with E-state index in [-0.39, 0.29) is 0 Å². The van der Waals surface area contributed by atoms with E-state index in [0.717, 1.165) is 38.4 Å². The maximum Gasteiger partial charge on any atom is 0.0478 e. The molecule has 0 aliphatic rings. The van der Waals surface area contributed by atoms with Crippen molar-refractivity contribution in [1.29, 1.82) is 0 Å². The van der Waals surface area contributed by atoms with E-state index >= 15 is 0 Å². The third-order valence-electron chi connectivity index (χ3n) is 0.940. The summed E-state index contributed by atoms with van der Waals surface area (Å²) in [5.41, 5.74) is 5.25. The van der Waals surface area contributed by atoms with Crippen molar-refractivity contribution in [3.05, 3.63) is 0 Å². The number of ether oxygens (including phenoxy) is 1. The zero-order valence-electron chi connectivity index (χ0n) is 5.68. The molecular weight excluding hydrogens is 134 g/mol. The van der Waals surface area contributed by atoms with Crippen LogP contribution in [0.3, 0.4) is 0 Å². The Hall–Kier alpha value is 0.270. The third-order valence-corrected chi connectivity index (χ3v) is 1.26. The molecule has 0 heterocycles. The predicted molar refractivity (Wildman–Crippen MR) is 43.0 cm³/mol. The van der Waals surface area contributed by atoms with Gasteiger partial charge in [-0.05, 0) is 25.1 Å². The van der Waals surface area contributed by atoms with Gasteiger partial charge < -0.3 is 10.5 Å². The van der Waals surface area contributed by atoms with Gasteiger partial charge in [-0.1, -0.05) is 0 Å². The summed E-state index contributed by atoms with van der Waals surface area (Å²) in [7, 11) is 0. The number of hydrogen-bond donors (Lipinski definition) is 2. The molecule has 0 fully saturated rings. The van der Waals surface area contributed by atoms with Crippen LogP contribution in [0, 0.1) is 0 Å². The number of thiol groups is 1. The van der Waals surface area contributed by atoms with Gasteiger partial charge in [0.2, 0.25) is 0 Å². The molecule has 3 heteroatoms. The van der Waals surface area contributed by atoms with Gasteiger partial charge in [0.25, 0.3) is 0 Å². The second-order valence-electron chi connectivity index (χ2n) is 1.83. The first-order valence-corrected chi connectivity index (χ1v) is 3.93. The minimum absolute atomic E-state index is 0.723. The van der Waals surface area contributed by atoms with Crippen LogP contribution in [0.1, 0.15) is 12.8 Å². The Morgan fingerprint density at radius 3 is 2.44 bits per heavy atom. The minimum Gasteiger partial charge on any atom is -0.381 e. The Morgan fingerprint density at radius 1 is 1.22 bits per heavy atom. The minimum atomic E-state index is 0.723. The molecule has 0 amide bonds. The summed E-state index contributed by atoms with van der Waals surface area (Å²) < 4.78 is 5.19. The van der Waals surface area contributed by atoms with E-state index in [1.807, 2.05) is 0 Å². The summed E-state index contributed by atoms with van der Waals surface area (Å²) in [5, 5.41) is 0. The van der Waals surface area contributed by atoms with E-state index in [9.17, 15) is 0 Å². The zero-order chi connectivity index (χ0) is 6.95. The molecule has 0 aromatic carbocycles. The Labute approximate surface area is 62.2 Å². The van der Waals surface area contributed by atoms with Crippen molar-refractivity contribution in [3.8, 4) is 0 Å². The van der Waals surface area contributed by atoms with Gasteiger partial charge in [-0.2, -0.15) is 12.6 Å². The van der Waals surface area contributed by atoms with Crippen LogP contribution in [0.15, 0.2) is 0 Å². The number of hydrogen-bond acceptors (Lipinski definition) is 3. The second kappa shape index (κ2) is 8.27. The molecule has 0 radical (unpaired) electrons. The average molecular weight is 149 g/mol. The molecule has 0 rings (SSSR count). The highest BCUT2D eigenvalue weighted by molar-refractivity contribution is 7.80. The molecule has 0 spiro atoms. The molecule has 0 aromatic heterocycles. The molecule has 2 N–H and O–H groups in total. The topological polar surface area (TPSA) is 35.2 Å². The lowest BCUT2D eigenvalue weighted by molar-refractivity contribution is 0.134. The van der Waals surface area contributed by atoms with Crippen molar-refractivity contribution >= 4 is 12.6 Å². The maximum atomic E-state index is 5.25. The van der Waals surface area contributed by atoms with Crippen LogP contribution in [0.5, 0.6) is 0 Å². The van der Waals surface area contributed by atoms with E-state index < -0.39 is 0 Å². The van der Waals surface area contributed by atoms with Crippen LogP contribution in [-0.4, -0.2) is 25.5 Å². The lowest BCUT2D eigenvalue weighted by Crippen LogP contribution is -2.05. The van der Waals surface area contributed by atoms with E-state index in [4.69, 9.17) is 10.5 Å². The second-order valence-corrected chi connectivity index (χ2v) is 2.28. The highest BCUT2D eigenvalue weighted by Crippen LogP contribution is 1.86. The molecule has 0 unspecified atom stereocenters. The Kier molecular flexibility index (Phi) is 8.52. The molecule has 0 saturated heterocycles. The van der Waals surface area contributed by atoms with E-state index in [2.05, 4.69) is 12.6 Å². The van der Waals surface area contributed by atoms with Gasteiger partial charge in [0.05, 0.1) is 0 Å². The Bertz CT molecular complexity index is 46.3. The molecule has 0 saturated carbocycles. The van der Waals surface area contributed by atoms with Crippen molar-refractivity contribution in [2.24, 2.45) is 5.73 Å². The standard InChI is InChI=1S/C6H15NOS/c7-3-1-4-8-5-2-6-9/h9H,1-7H2.